The van der Waals surface area contributed by atoms with E-state index < -0.39 is 0 Å². The smallest absolute Gasteiger partial charge is 0.224 e. The Morgan fingerprint density at radius 3 is 2.50 bits per heavy atom. The van der Waals surface area contributed by atoms with Crippen LogP contribution in [0.4, 0.5) is 5.69 Å². The van der Waals surface area contributed by atoms with E-state index in [0.717, 1.165) is 39.6 Å². The van der Waals surface area contributed by atoms with Crippen molar-refractivity contribution in [2.24, 2.45) is 0 Å². The van der Waals surface area contributed by atoms with Crippen molar-refractivity contribution in [3.63, 3.8) is 0 Å². The van der Waals surface area contributed by atoms with Gasteiger partial charge >= 0.3 is 0 Å². The molecule has 0 radical (unpaired) electrons. The van der Waals surface area contributed by atoms with E-state index in [0.29, 0.717) is 18.8 Å². The topological polar surface area (TPSA) is 51.5 Å². The molecule has 3 aromatic rings. The number of nitrogens with one attached hydrogen (secondary N) is 1. The fraction of sp³-hybridized carbons (Fsp3) is 0.292. The molecule has 28 heavy (non-hydrogen) atoms. The third kappa shape index (κ3) is 4.63. The van der Waals surface area contributed by atoms with Crippen LogP contribution < -0.4 is 10.1 Å². The zero-order chi connectivity index (χ0) is 20.1. The SMILES string of the molecule is COc1ccc(-c2ccc(CCC(=O)Nc3c(C)cccc3C(C)C)o2)cc1. The molecule has 3 rings (SSSR count). The van der Waals surface area contributed by atoms with Crippen molar-refractivity contribution >= 4 is 11.6 Å². The van der Waals surface area contributed by atoms with Gasteiger partial charge in [-0.2, -0.15) is 0 Å². The van der Waals surface area contributed by atoms with Crippen molar-refractivity contribution in [3.05, 3.63) is 71.5 Å². The molecular weight excluding hydrogens is 350 g/mol. The zero-order valence-electron chi connectivity index (χ0n) is 16.9. The van der Waals surface area contributed by atoms with Gasteiger partial charge in [0.1, 0.15) is 17.3 Å². The number of benzene rings is 2. The van der Waals surface area contributed by atoms with E-state index in [4.69, 9.17) is 9.15 Å². The van der Waals surface area contributed by atoms with Gasteiger partial charge in [-0.15, -0.1) is 0 Å². The number of hydrogen-bond acceptors (Lipinski definition) is 3. The zero-order valence-corrected chi connectivity index (χ0v) is 16.9. The van der Waals surface area contributed by atoms with E-state index in [-0.39, 0.29) is 5.91 Å². The third-order valence-corrected chi connectivity index (χ3v) is 4.83. The number of ether oxygens (including phenoxy) is 1. The summed E-state index contributed by atoms with van der Waals surface area (Å²) in [5.41, 5.74) is 4.16. The highest BCUT2D eigenvalue weighted by atomic mass is 16.5. The minimum Gasteiger partial charge on any atom is -0.497 e. The Labute approximate surface area is 166 Å². The predicted molar refractivity (Wildman–Crippen MR) is 113 cm³/mol. The number of methoxy groups -OCH3 is 1. The van der Waals surface area contributed by atoms with Crippen LogP contribution in [0.15, 0.2) is 59.0 Å². The van der Waals surface area contributed by atoms with Crippen LogP contribution in [0.3, 0.4) is 0 Å². The number of rotatable bonds is 7. The van der Waals surface area contributed by atoms with Crippen molar-refractivity contribution < 1.29 is 13.9 Å². The summed E-state index contributed by atoms with van der Waals surface area (Å²) in [4.78, 5) is 12.5. The molecule has 0 aliphatic rings. The number of para-hydroxylation sites is 1. The van der Waals surface area contributed by atoms with Crippen molar-refractivity contribution in [1.82, 2.24) is 0 Å². The summed E-state index contributed by atoms with van der Waals surface area (Å²) >= 11 is 0. The summed E-state index contributed by atoms with van der Waals surface area (Å²) in [6.07, 6.45) is 0.937. The van der Waals surface area contributed by atoms with Gasteiger partial charge in [0.15, 0.2) is 0 Å². The summed E-state index contributed by atoms with van der Waals surface area (Å²) in [5.74, 6) is 2.75. The number of aryl methyl sites for hydroxylation is 2. The number of anilines is 1. The molecule has 4 nitrogen and oxygen atoms in total. The molecule has 0 fully saturated rings. The normalized spacial score (nSPS) is 10.9. The first-order chi connectivity index (χ1) is 13.5. The Bertz CT molecular complexity index is 939. The number of hydrogen-bond donors (Lipinski definition) is 1. The summed E-state index contributed by atoms with van der Waals surface area (Å²) < 4.78 is 11.1. The summed E-state index contributed by atoms with van der Waals surface area (Å²) in [6, 6.07) is 17.7. The van der Waals surface area contributed by atoms with E-state index in [1.807, 2.05) is 55.5 Å². The number of amides is 1. The third-order valence-electron chi connectivity index (χ3n) is 4.83. The van der Waals surface area contributed by atoms with Gasteiger partial charge in [0, 0.05) is 24.1 Å². The average molecular weight is 377 g/mol. The van der Waals surface area contributed by atoms with Crippen molar-refractivity contribution in [3.8, 4) is 17.1 Å². The highest BCUT2D eigenvalue weighted by Crippen LogP contribution is 2.28. The molecule has 1 heterocycles. The Kier molecular flexibility index (Phi) is 6.19. The van der Waals surface area contributed by atoms with E-state index in [2.05, 4.69) is 25.2 Å². The predicted octanol–water partition coefficient (Wildman–Crippen LogP) is 5.96. The summed E-state index contributed by atoms with van der Waals surface area (Å²) in [6.45, 7) is 6.29. The van der Waals surface area contributed by atoms with Gasteiger partial charge in [-0.25, -0.2) is 0 Å². The molecule has 0 saturated heterocycles. The molecule has 0 saturated carbocycles. The van der Waals surface area contributed by atoms with Crippen molar-refractivity contribution in [2.75, 3.05) is 12.4 Å². The highest BCUT2D eigenvalue weighted by Gasteiger charge is 2.13. The maximum Gasteiger partial charge on any atom is 0.224 e. The first kappa shape index (κ1) is 19.7. The van der Waals surface area contributed by atoms with Crippen LogP contribution in [-0.2, 0) is 11.2 Å². The second kappa shape index (κ2) is 8.79. The van der Waals surface area contributed by atoms with Gasteiger partial charge in [0.05, 0.1) is 7.11 Å². The first-order valence-electron chi connectivity index (χ1n) is 9.60. The molecule has 1 N–H and O–H groups in total. The molecule has 146 valence electrons. The fourth-order valence-electron chi connectivity index (χ4n) is 3.20. The second-order valence-electron chi connectivity index (χ2n) is 7.24. The van der Waals surface area contributed by atoms with Gasteiger partial charge in [0.2, 0.25) is 5.91 Å². The largest absolute Gasteiger partial charge is 0.497 e. The van der Waals surface area contributed by atoms with Crippen LogP contribution in [0.25, 0.3) is 11.3 Å². The quantitative estimate of drug-likeness (QED) is 0.553. The lowest BCUT2D eigenvalue weighted by molar-refractivity contribution is -0.116. The maximum atomic E-state index is 12.5. The lowest BCUT2D eigenvalue weighted by Gasteiger charge is -2.16. The van der Waals surface area contributed by atoms with E-state index in [1.165, 1.54) is 0 Å². The average Bonchev–Trinajstić information content (AvgIpc) is 3.17. The van der Waals surface area contributed by atoms with Crippen LogP contribution in [0.1, 0.15) is 43.1 Å². The molecule has 0 spiro atoms. The van der Waals surface area contributed by atoms with Crippen molar-refractivity contribution in [1.29, 1.82) is 0 Å². The lowest BCUT2D eigenvalue weighted by Crippen LogP contribution is -2.15. The van der Waals surface area contributed by atoms with Gasteiger partial charge in [-0.1, -0.05) is 32.0 Å². The minimum absolute atomic E-state index is 0.00130. The van der Waals surface area contributed by atoms with Crippen LogP contribution in [0, 0.1) is 6.92 Å². The molecule has 1 aromatic heterocycles. The summed E-state index contributed by atoms with van der Waals surface area (Å²) in [7, 11) is 1.64. The Morgan fingerprint density at radius 2 is 1.82 bits per heavy atom. The molecular formula is C24H27NO3. The lowest BCUT2D eigenvalue weighted by atomic mass is 9.98. The summed E-state index contributed by atoms with van der Waals surface area (Å²) in [5, 5.41) is 3.09. The number of carbonyl (C=O) groups excluding carboxylic acids is 1. The van der Waals surface area contributed by atoms with Crippen LogP contribution in [0.2, 0.25) is 0 Å². The fourth-order valence-corrected chi connectivity index (χ4v) is 3.20. The van der Waals surface area contributed by atoms with Crippen LogP contribution >= 0.6 is 0 Å². The van der Waals surface area contributed by atoms with E-state index in [1.54, 1.807) is 7.11 Å². The minimum atomic E-state index is -0.00130. The van der Waals surface area contributed by atoms with E-state index in [9.17, 15) is 4.79 Å². The van der Waals surface area contributed by atoms with Crippen molar-refractivity contribution in [2.45, 2.75) is 39.5 Å². The molecule has 0 aliphatic heterocycles. The molecule has 0 unspecified atom stereocenters. The maximum absolute atomic E-state index is 12.5. The standard InChI is InChI=1S/C24H27NO3/c1-16(2)21-7-5-6-17(3)24(21)25-23(26)15-13-20-12-14-22(28-20)18-8-10-19(27-4)11-9-18/h5-12,14,16H,13,15H2,1-4H3,(H,25,26). The molecule has 2 aromatic carbocycles. The monoisotopic (exact) mass is 377 g/mol. The molecule has 1 amide bonds. The molecule has 0 bridgehead atoms. The molecule has 0 atom stereocenters. The van der Waals surface area contributed by atoms with Crippen LogP contribution in [0.5, 0.6) is 5.75 Å². The number of furan rings is 1. The molecule has 4 heteroatoms. The van der Waals surface area contributed by atoms with Gasteiger partial charge in [0.25, 0.3) is 0 Å². The second-order valence-corrected chi connectivity index (χ2v) is 7.24. The molecule has 0 aliphatic carbocycles. The first-order valence-corrected chi connectivity index (χ1v) is 9.60. The van der Waals surface area contributed by atoms with Gasteiger partial charge < -0.3 is 14.5 Å². The Balaban J connectivity index is 1.62. The van der Waals surface area contributed by atoms with Gasteiger partial charge in [-0.3, -0.25) is 4.79 Å². The van der Waals surface area contributed by atoms with E-state index >= 15 is 0 Å². The Morgan fingerprint density at radius 1 is 1.07 bits per heavy atom. The number of carbonyl (C=O) groups is 1. The van der Waals surface area contributed by atoms with Crippen LogP contribution in [-0.4, -0.2) is 13.0 Å². The highest BCUT2D eigenvalue weighted by molar-refractivity contribution is 5.92. The van der Waals surface area contributed by atoms with Gasteiger partial charge in [-0.05, 0) is 60.4 Å². The Hall–Kier alpha value is -3.01.